The molecule has 0 atom stereocenters. The molecule has 0 saturated heterocycles. The molecule has 1 amide bonds. The van der Waals surface area contributed by atoms with Gasteiger partial charge in [0.2, 0.25) is 0 Å². The van der Waals surface area contributed by atoms with Gasteiger partial charge in [0.15, 0.2) is 11.5 Å². The van der Waals surface area contributed by atoms with Crippen molar-refractivity contribution >= 4 is 34.3 Å². The van der Waals surface area contributed by atoms with Crippen LogP contribution in [0.4, 0.5) is 11.4 Å². The van der Waals surface area contributed by atoms with Crippen molar-refractivity contribution in [2.45, 2.75) is 6.92 Å². The van der Waals surface area contributed by atoms with E-state index in [1.165, 1.54) is 18.2 Å². The zero-order valence-electron chi connectivity index (χ0n) is 17.3. The maximum atomic E-state index is 12.7. The number of thiophene rings is 1. The molecule has 0 fully saturated rings. The van der Waals surface area contributed by atoms with E-state index < -0.39 is 4.92 Å². The number of hydrogen-bond donors (Lipinski definition) is 1. The smallest absolute Gasteiger partial charge is 0.272 e. The SMILES string of the molecule is Cc1cc(C(=O)Nc2cccc(-c3ccc4nnc(-c5cccs5)n4n3)c2)ccc1[N+](=O)[O-]. The molecule has 162 valence electrons. The Morgan fingerprint density at radius 3 is 2.70 bits per heavy atom. The molecule has 0 radical (unpaired) electrons. The summed E-state index contributed by atoms with van der Waals surface area (Å²) < 4.78 is 1.70. The van der Waals surface area contributed by atoms with E-state index in [0.29, 0.717) is 34.0 Å². The molecule has 2 aromatic carbocycles. The highest BCUT2D eigenvalue weighted by molar-refractivity contribution is 7.13. The molecule has 0 unspecified atom stereocenters. The lowest BCUT2D eigenvalue weighted by atomic mass is 10.1. The van der Waals surface area contributed by atoms with Crippen LogP contribution in [0.25, 0.3) is 27.6 Å². The van der Waals surface area contributed by atoms with E-state index in [-0.39, 0.29) is 11.6 Å². The van der Waals surface area contributed by atoms with Gasteiger partial charge in [0.1, 0.15) is 0 Å². The summed E-state index contributed by atoms with van der Waals surface area (Å²) in [5.41, 5.74) is 3.47. The minimum Gasteiger partial charge on any atom is -0.322 e. The lowest BCUT2D eigenvalue weighted by Crippen LogP contribution is -2.12. The number of benzene rings is 2. The predicted octanol–water partition coefficient (Wildman–Crippen LogP) is 4.99. The third-order valence-corrected chi connectivity index (χ3v) is 5.94. The summed E-state index contributed by atoms with van der Waals surface area (Å²) in [5, 5.41) is 29.0. The van der Waals surface area contributed by atoms with Crippen molar-refractivity contribution in [2.75, 3.05) is 5.32 Å². The molecule has 5 aromatic rings. The predicted molar refractivity (Wildman–Crippen MR) is 125 cm³/mol. The summed E-state index contributed by atoms with van der Waals surface area (Å²) in [6.07, 6.45) is 0. The first-order valence-corrected chi connectivity index (χ1v) is 10.8. The minimum atomic E-state index is -0.468. The van der Waals surface area contributed by atoms with Crippen molar-refractivity contribution in [3.8, 4) is 22.0 Å². The minimum absolute atomic E-state index is 0.0223. The van der Waals surface area contributed by atoms with Crippen LogP contribution in [0.5, 0.6) is 0 Å². The molecular formula is C23H16N6O3S. The highest BCUT2D eigenvalue weighted by Gasteiger charge is 2.15. The van der Waals surface area contributed by atoms with Gasteiger partial charge in [-0.3, -0.25) is 14.9 Å². The molecule has 0 aliphatic heterocycles. The van der Waals surface area contributed by atoms with Gasteiger partial charge in [-0.15, -0.1) is 21.5 Å². The van der Waals surface area contributed by atoms with E-state index >= 15 is 0 Å². The van der Waals surface area contributed by atoms with Gasteiger partial charge < -0.3 is 5.32 Å². The maximum absolute atomic E-state index is 12.7. The maximum Gasteiger partial charge on any atom is 0.272 e. The van der Waals surface area contributed by atoms with Gasteiger partial charge in [-0.05, 0) is 54.8 Å². The third kappa shape index (κ3) is 3.94. The topological polar surface area (TPSA) is 115 Å². The van der Waals surface area contributed by atoms with Crippen LogP contribution in [0, 0.1) is 17.0 Å². The summed E-state index contributed by atoms with van der Waals surface area (Å²) in [6, 6.07) is 19.2. The molecule has 0 spiro atoms. The Labute approximate surface area is 191 Å². The standard InChI is InChI=1S/C23H16N6O3S/c1-14-12-16(7-9-19(14)29(31)32)23(30)24-17-5-2-4-15(13-17)18-8-10-21-25-26-22(28(21)27-18)20-6-3-11-33-20/h2-13H,1H3,(H,24,30). The lowest BCUT2D eigenvalue weighted by Gasteiger charge is -2.08. The number of aromatic nitrogens is 4. The van der Waals surface area contributed by atoms with Crippen LogP contribution in [0.15, 0.2) is 72.1 Å². The number of nitrogens with zero attached hydrogens (tertiary/aromatic N) is 5. The van der Waals surface area contributed by atoms with E-state index in [1.807, 2.05) is 47.8 Å². The Bertz CT molecular complexity index is 1510. The number of nitro groups is 1. The molecule has 0 saturated carbocycles. The first-order chi connectivity index (χ1) is 16.0. The van der Waals surface area contributed by atoms with Crippen molar-refractivity contribution < 1.29 is 9.72 Å². The van der Waals surface area contributed by atoms with E-state index in [9.17, 15) is 14.9 Å². The molecular weight excluding hydrogens is 440 g/mol. The van der Waals surface area contributed by atoms with Gasteiger partial charge in [0.25, 0.3) is 11.6 Å². The number of amides is 1. The quantitative estimate of drug-likeness (QED) is 0.294. The van der Waals surface area contributed by atoms with Crippen molar-refractivity contribution in [2.24, 2.45) is 0 Å². The lowest BCUT2D eigenvalue weighted by molar-refractivity contribution is -0.385. The molecule has 1 N–H and O–H groups in total. The molecule has 9 nitrogen and oxygen atoms in total. The van der Waals surface area contributed by atoms with Crippen LogP contribution in [0.3, 0.4) is 0 Å². The molecule has 5 rings (SSSR count). The fraction of sp³-hybridized carbons (Fsp3) is 0.0435. The summed E-state index contributed by atoms with van der Waals surface area (Å²) in [6.45, 7) is 1.60. The normalized spacial score (nSPS) is 10.9. The number of nitrogens with one attached hydrogen (secondary N) is 1. The Kier molecular flexibility index (Phi) is 5.11. The van der Waals surface area contributed by atoms with Crippen molar-refractivity contribution in [1.82, 2.24) is 19.8 Å². The number of carbonyl (C=O) groups is 1. The van der Waals surface area contributed by atoms with Crippen LogP contribution in [-0.2, 0) is 0 Å². The first kappa shape index (κ1) is 20.5. The summed E-state index contributed by atoms with van der Waals surface area (Å²) in [5.74, 6) is 0.312. The fourth-order valence-electron chi connectivity index (χ4n) is 3.46. The van der Waals surface area contributed by atoms with E-state index in [1.54, 1.807) is 28.8 Å². The first-order valence-electron chi connectivity index (χ1n) is 9.93. The van der Waals surface area contributed by atoms with Gasteiger partial charge in [0, 0.05) is 28.4 Å². The average Bonchev–Trinajstić information content (AvgIpc) is 3.48. The largest absolute Gasteiger partial charge is 0.322 e. The summed E-state index contributed by atoms with van der Waals surface area (Å²) >= 11 is 1.56. The van der Waals surface area contributed by atoms with Crippen molar-refractivity contribution in [1.29, 1.82) is 0 Å². The molecule has 33 heavy (non-hydrogen) atoms. The second-order valence-corrected chi connectivity index (χ2v) is 8.23. The number of nitro benzene ring substituents is 1. The Hall–Kier alpha value is -4.44. The third-order valence-electron chi connectivity index (χ3n) is 5.08. The molecule has 3 heterocycles. The summed E-state index contributed by atoms with van der Waals surface area (Å²) in [7, 11) is 0. The fourth-order valence-corrected chi connectivity index (χ4v) is 4.16. The van der Waals surface area contributed by atoms with Crippen LogP contribution in [-0.4, -0.2) is 30.6 Å². The molecule has 10 heteroatoms. The monoisotopic (exact) mass is 456 g/mol. The number of hydrogen-bond acceptors (Lipinski definition) is 7. The number of fused-ring (bicyclic) bond motifs is 1. The molecule has 0 aliphatic carbocycles. The van der Waals surface area contributed by atoms with E-state index in [2.05, 4.69) is 15.5 Å². The van der Waals surface area contributed by atoms with Gasteiger partial charge >= 0.3 is 0 Å². The average molecular weight is 456 g/mol. The molecule has 3 aromatic heterocycles. The Balaban J connectivity index is 1.43. The van der Waals surface area contributed by atoms with Crippen molar-refractivity contribution in [3.05, 3.63) is 93.4 Å². The van der Waals surface area contributed by atoms with E-state index in [4.69, 9.17) is 5.10 Å². The van der Waals surface area contributed by atoms with Crippen molar-refractivity contribution in [3.63, 3.8) is 0 Å². The second-order valence-electron chi connectivity index (χ2n) is 7.28. The zero-order chi connectivity index (χ0) is 22.9. The molecule has 0 aliphatic rings. The van der Waals surface area contributed by atoms with Crippen LogP contribution < -0.4 is 5.32 Å². The van der Waals surface area contributed by atoms with Gasteiger partial charge in [-0.1, -0.05) is 18.2 Å². The summed E-state index contributed by atoms with van der Waals surface area (Å²) in [4.78, 5) is 24.2. The number of anilines is 1. The van der Waals surface area contributed by atoms with Crippen LogP contribution in [0.2, 0.25) is 0 Å². The van der Waals surface area contributed by atoms with Crippen LogP contribution >= 0.6 is 11.3 Å². The number of aryl methyl sites for hydroxylation is 1. The van der Waals surface area contributed by atoms with Gasteiger partial charge in [-0.2, -0.15) is 9.61 Å². The Morgan fingerprint density at radius 2 is 1.94 bits per heavy atom. The van der Waals surface area contributed by atoms with Gasteiger partial charge in [-0.25, -0.2) is 0 Å². The number of rotatable bonds is 5. The Morgan fingerprint density at radius 1 is 1.06 bits per heavy atom. The second kappa shape index (κ2) is 8.24. The van der Waals surface area contributed by atoms with Gasteiger partial charge in [0.05, 0.1) is 15.5 Å². The number of carbonyl (C=O) groups excluding carboxylic acids is 1. The van der Waals surface area contributed by atoms with E-state index in [0.717, 1.165) is 10.4 Å². The highest BCUT2D eigenvalue weighted by atomic mass is 32.1. The molecule has 0 bridgehead atoms. The zero-order valence-corrected chi connectivity index (χ0v) is 18.1. The van der Waals surface area contributed by atoms with Crippen LogP contribution in [0.1, 0.15) is 15.9 Å². The highest BCUT2D eigenvalue weighted by Crippen LogP contribution is 2.26.